The molecule has 1 aromatic heterocycles. The molecule has 2 aliphatic heterocycles. The number of amides is 2. The van der Waals surface area contributed by atoms with E-state index in [0.29, 0.717) is 6.54 Å². The molecule has 2 amide bonds. The second-order valence-corrected chi connectivity index (χ2v) is 7.84. The zero-order valence-corrected chi connectivity index (χ0v) is 15.3. The smallest absolute Gasteiger partial charge is 0.321 e. The molecule has 3 heterocycles. The summed E-state index contributed by atoms with van der Waals surface area (Å²) in [5.74, 6) is 0. The first-order valence-corrected chi connectivity index (χ1v) is 9.87. The van der Waals surface area contributed by atoms with E-state index in [2.05, 4.69) is 40.6 Å². The van der Waals surface area contributed by atoms with Gasteiger partial charge >= 0.3 is 6.03 Å². The van der Waals surface area contributed by atoms with Crippen LogP contribution in [0.4, 0.5) is 10.5 Å². The van der Waals surface area contributed by atoms with Crippen molar-refractivity contribution < 1.29 is 4.79 Å². The van der Waals surface area contributed by atoms with E-state index in [-0.39, 0.29) is 6.03 Å². The highest BCUT2D eigenvalue weighted by Gasteiger charge is 2.22. The molecule has 1 N–H and O–H groups in total. The van der Waals surface area contributed by atoms with Crippen LogP contribution in [-0.4, -0.2) is 42.1 Å². The lowest BCUT2D eigenvalue weighted by Crippen LogP contribution is -2.27. The molecule has 0 radical (unpaired) electrons. The first kappa shape index (κ1) is 15.6. The van der Waals surface area contributed by atoms with Crippen molar-refractivity contribution in [2.75, 3.05) is 31.1 Å². The molecule has 132 valence electrons. The number of allylic oxidation sites excluding steroid dienone is 3. The van der Waals surface area contributed by atoms with Gasteiger partial charge in [0.15, 0.2) is 0 Å². The minimum absolute atomic E-state index is 0.0142. The highest BCUT2D eigenvalue weighted by atomic mass is 32.1. The highest BCUT2D eigenvalue weighted by Crippen LogP contribution is 2.32. The standard InChI is InChI=1S/C20H20N4OS/c25-20-21-10-13-24(20)16-6-4-14(5-7-16)19-22-17-8-11-23(15-2-1-3-15)12-9-18(17)26-19/h1-7H,8-13H2,(H,21,25). The van der Waals surface area contributed by atoms with Crippen molar-refractivity contribution in [3.63, 3.8) is 0 Å². The summed E-state index contributed by atoms with van der Waals surface area (Å²) < 4.78 is 0. The third kappa shape index (κ3) is 2.70. The lowest BCUT2D eigenvalue weighted by Gasteiger charge is -2.26. The first-order chi connectivity index (χ1) is 12.8. The molecule has 1 saturated heterocycles. The Balaban J connectivity index is 1.33. The number of hydrogen-bond acceptors (Lipinski definition) is 4. The fourth-order valence-corrected chi connectivity index (χ4v) is 4.74. The van der Waals surface area contributed by atoms with E-state index in [1.165, 1.54) is 16.3 Å². The number of anilines is 1. The molecule has 5 rings (SSSR count). The lowest BCUT2D eigenvalue weighted by atomic mass is 10.2. The Hall–Kier alpha value is -2.60. The van der Waals surface area contributed by atoms with Gasteiger partial charge in [-0.25, -0.2) is 9.78 Å². The van der Waals surface area contributed by atoms with Gasteiger partial charge in [-0.05, 0) is 36.4 Å². The fourth-order valence-electron chi connectivity index (χ4n) is 3.64. The maximum atomic E-state index is 11.8. The molecule has 0 spiro atoms. The van der Waals surface area contributed by atoms with Gasteiger partial charge in [-0.3, -0.25) is 4.90 Å². The van der Waals surface area contributed by atoms with Crippen molar-refractivity contribution in [3.8, 4) is 10.6 Å². The SMILES string of the molecule is O=C1NCCN1c1ccc(-c2nc3c(s2)CCN(C2=CC=C2)CC3)cc1. The molecule has 0 atom stereocenters. The summed E-state index contributed by atoms with van der Waals surface area (Å²) in [7, 11) is 0. The van der Waals surface area contributed by atoms with Crippen molar-refractivity contribution >= 4 is 23.1 Å². The molecule has 2 aromatic rings. The molecular formula is C20H20N4OS. The maximum absolute atomic E-state index is 11.8. The number of aromatic nitrogens is 1. The summed E-state index contributed by atoms with van der Waals surface area (Å²) in [5.41, 5.74) is 4.67. The van der Waals surface area contributed by atoms with Crippen LogP contribution in [-0.2, 0) is 12.8 Å². The summed E-state index contributed by atoms with van der Waals surface area (Å²) in [6.45, 7) is 3.54. The monoisotopic (exact) mass is 364 g/mol. The average molecular weight is 364 g/mol. The van der Waals surface area contributed by atoms with Gasteiger partial charge in [0, 0.05) is 60.8 Å². The third-order valence-corrected chi connectivity index (χ3v) is 6.39. The second-order valence-electron chi connectivity index (χ2n) is 6.76. The Morgan fingerprint density at radius 3 is 2.58 bits per heavy atom. The Kier molecular flexibility index (Phi) is 3.78. The van der Waals surface area contributed by atoms with E-state index in [1.54, 1.807) is 4.90 Å². The summed E-state index contributed by atoms with van der Waals surface area (Å²) in [4.78, 5) is 22.3. The van der Waals surface area contributed by atoms with Crippen molar-refractivity contribution in [3.05, 3.63) is 58.8 Å². The van der Waals surface area contributed by atoms with E-state index >= 15 is 0 Å². The minimum atomic E-state index is -0.0142. The topological polar surface area (TPSA) is 48.5 Å². The van der Waals surface area contributed by atoms with Gasteiger partial charge in [-0.1, -0.05) is 6.08 Å². The second kappa shape index (κ2) is 6.29. The minimum Gasteiger partial charge on any atom is -0.371 e. The van der Waals surface area contributed by atoms with Crippen LogP contribution in [0.5, 0.6) is 0 Å². The molecule has 6 heteroatoms. The van der Waals surface area contributed by atoms with Crippen LogP contribution in [0.1, 0.15) is 10.6 Å². The zero-order valence-electron chi connectivity index (χ0n) is 14.4. The Bertz CT molecular complexity index is 887. The van der Waals surface area contributed by atoms with Crippen LogP contribution in [0.2, 0.25) is 0 Å². The molecule has 3 aliphatic rings. The molecule has 0 saturated carbocycles. The van der Waals surface area contributed by atoms with Crippen molar-refractivity contribution in [2.24, 2.45) is 0 Å². The number of nitrogens with one attached hydrogen (secondary N) is 1. The Morgan fingerprint density at radius 1 is 1.08 bits per heavy atom. The van der Waals surface area contributed by atoms with Gasteiger partial charge in [0.2, 0.25) is 0 Å². The quantitative estimate of drug-likeness (QED) is 0.910. The summed E-state index contributed by atoms with van der Waals surface area (Å²) >= 11 is 1.81. The molecular weight excluding hydrogens is 344 g/mol. The van der Waals surface area contributed by atoms with E-state index in [4.69, 9.17) is 4.98 Å². The third-order valence-electron chi connectivity index (χ3n) is 5.19. The van der Waals surface area contributed by atoms with Crippen LogP contribution in [0.3, 0.4) is 0 Å². The largest absolute Gasteiger partial charge is 0.371 e. The first-order valence-electron chi connectivity index (χ1n) is 9.06. The van der Waals surface area contributed by atoms with Gasteiger partial charge in [0.25, 0.3) is 0 Å². The average Bonchev–Trinajstić information content (AvgIpc) is 3.17. The van der Waals surface area contributed by atoms with Crippen molar-refractivity contribution in [2.45, 2.75) is 12.8 Å². The van der Waals surface area contributed by atoms with Crippen molar-refractivity contribution in [1.82, 2.24) is 15.2 Å². The fraction of sp³-hybridized carbons (Fsp3) is 0.300. The van der Waals surface area contributed by atoms with Crippen molar-refractivity contribution in [1.29, 1.82) is 0 Å². The van der Waals surface area contributed by atoms with E-state index in [0.717, 1.165) is 48.7 Å². The number of nitrogens with zero attached hydrogens (tertiary/aromatic N) is 3. The Labute approximate surface area is 156 Å². The lowest BCUT2D eigenvalue weighted by molar-refractivity contribution is 0.252. The van der Waals surface area contributed by atoms with Crippen LogP contribution in [0.15, 0.2) is 48.2 Å². The molecule has 1 aromatic carbocycles. The molecule has 0 bridgehead atoms. The molecule has 1 fully saturated rings. The number of benzene rings is 1. The van der Waals surface area contributed by atoms with Crippen LogP contribution < -0.4 is 10.2 Å². The van der Waals surface area contributed by atoms with E-state index in [1.807, 2.05) is 23.5 Å². The van der Waals surface area contributed by atoms with Crippen LogP contribution in [0.25, 0.3) is 10.6 Å². The summed E-state index contributed by atoms with van der Waals surface area (Å²) in [6.07, 6.45) is 8.52. The van der Waals surface area contributed by atoms with Gasteiger partial charge in [-0.15, -0.1) is 11.3 Å². The van der Waals surface area contributed by atoms with Crippen LogP contribution >= 0.6 is 11.3 Å². The van der Waals surface area contributed by atoms with E-state index in [9.17, 15) is 4.79 Å². The zero-order chi connectivity index (χ0) is 17.5. The number of carbonyl (C=O) groups is 1. The van der Waals surface area contributed by atoms with Gasteiger partial charge in [-0.2, -0.15) is 0 Å². The van der Waals surface area contributed by atoms with Crippen LogP contribution in [0, 0.1) is 0 Å². The van der Waals surface area contributed by atoms with E-state index < -0.39 is 0 Å². The number of carbonyl (C=O) groups excluding carboxylic acids is 1. The number of rotatable bonds is 3. The van der Waals surface area contributed by atoms with Gasteiger partial charge in [0.1, 0.15) is 5.01 Å². The maximum Gasteiger partial charge on any atom is 0.321 e. The van der Waals surface area contributed by atoms with Gasteiger partial charge in [0.05, 0.1) is 5.69 Å². The molecule has 1 aliphatic carbocycles. The molecule has 5 nitrogen and oxygen atoms in total. The number of thiazole rings is 1. The Morgan fingerprint density at radius 2 is 1.88 bits per heavy atom. The summed E-state index contributed by atoms with van der Waals surface area (Å²) in [6, 6.07) is 8.18. The highest BCUT2D eigenvalue weighted by molar-refractivity contribution is 7.15. The molecule has 26 heavy (non-hydrogen) atoms. The normalized spacial score (nSPS) is 18.9. The number of urea groups is 1. The number of hydrogen-bond donors (Lipinski definition) is 1. The predicted octanol–water partition coefficient (Wildman–Crippen LogP) is 3.19. The number of fused-ring (bicyclic) bond motifs is 1. The molecule has 0 unspecified atom stereocenters. The summed E-state index contributed by atoms with van der Waals surface area (Å²) in [5, 5.41) is 3.92. The van der Waals surface area contributed by atoms with Gasteiger partial charge < -0.3 is 10.2 Å². The predicted molar refractivity (Wildman–Crippen MR) is 104 cm³/mol.